The van der Waals surface area contributed by atoms with Gasteiger partial charge in [-0.1, -0.05) is 409 Å². The van der Waals surface area contributed by atoms with Crippen LogP contribution in [0.2, 0.25) is 0 Å². The zero-order valence-corrected chi connectivity index (χ0v) is 62.3. The van der Waals surface area contributed by atoms with Gasteiger partial charge in [0, 0.05) is 12.8 Å². The number of rotatable bonds is 79. The topological polar surface area (TPSA) is 95.9 Å². The first-order valence-electron chi connectivity index (χ1n) is 41.9. The van der Waals surface area contributed by atoms with Crippen molar-refractivity contribution in [3.8, 4) is 0 Å². The summed E-state index contributed by atoms with van der Waals surface area (Å²) in [4.78, 5) is 24.7. The summed E-state index contributed by atoms with van der Waals surface area (Å²) < 4.78 is 5.51. The Bertz CT molecular complexity index is 1540. The number of ether oxygens (including phenoxy) is 1. The molecule has 0 aromatic heterocycles. The molecule has 0 spiro atoms. The number of aliphatic hydroxyl groups excluding tert-OH is 2. The van der Waals surface area contributed by atoms with Gasteiger partial charge in [0.05, 0.1) is 25.4 Å². The first kappa shape index (κ1) is 89.8. The van der Waals surface area contributed by atoms with Crippen molar-refractivity contribution in [2.75, 3.05) is 13.2 Å². The number of esters is 1. The second kappa shape index (κ2) is 81.2. The molecule has 6 heteroatoms. The van der Waals surface area contributed by atoms with Crippen molar-refractivity contribution in [2.45, 2.75) is 475 Å². The molecule has 0 aromatic carbocycles. The average Bonchev–Trinajstić information content (AvgIpc) is 3.56. The maximum atomic E-state index is 12.6. The molecule has 0 rings (SSSR count). The van der Waals surface area contributed by atoms with E-state index in [1.165, 1.54) is 372 Å². The van der Waals surface area contributed by atoms with Gasteiger partial charge < -0.3 is 20.3 Å². The van der Waals surface area contributed by atoms with Crippen LogP contribution in [0.4, 0.5) is 0 Å². The highest BCUT2D eigenvalue weighted by atomic mass is 16.5. The summed E-state index contributed by atoms with van der Waals surface area (Å²) in [5.41, 5.74) is 0. The Kier molecular flexibility index (Phi) is 79.3. The van der Waals surface area contributed by atoms with Crippen LogP contribution in [0.25, 0.3) is 0 Å². The molecule has 0 radical (unpaired) electrons. The fraction of sp³-hybridized carbons (Fsp3) is 0.884. The van der Waals surface area contributed by atoms with Gasteiger partial charge in [-0.25, -0.2) is 0 Å². The second-order valence-electron chi connectivity index (χ2n) is 28.8. The van der Waals surface area contributed by atoms with Gasteiger partial charge >= 0.3 is 5.97 Å². The summed E-state index contributed by atoms with van der Waals surface area (Å²) in [6, 6.07) is -0.540. The van der Waals surface area contributed by atoms with E-state index in [1.807, 2.05) is 0 Å². The van der Waals surface area contributed by atoms with E-state index >= 15 is 0 Å². The third-order valence-corrected chi connectivity index (χ3v) is 19.6. The van der Waals surface area contributed by atoms with Crippen molar-refractivity contribution in [3.05, 3.63) is 48.6 Å². The summed E-state index contributed by atoms with van der Waals surface area (Å²) >= 11 is 0. The number of hydrogen-bond acceptors (Lipinski definition) is 5. The van der Waals surface area contributed by atoms with Crippen molar-refractivity contribution in [2.24, 2.45) is 0 Å². The molecule has 0 saturated heterocycles. The SMILES string of the molecule is CCCCC/C=C\C/C=C\CCCCCCCCCC(=O)OCCCCCCCCCCCCCCCCC/C=C\C/C=C\CCCCCCCCCCCCCCCCCCCC(=O)NC(CO)C(O)CCCCCCCCCCCCCCCCCCCCC. The number of aliphatic hydroxyl groups is 2. The molecule has 0 heterocycles. The molecule has 2 unspecified atom stereocenters. The lowest BCUT2D eigenvalue weighted by Crippen LogP contribution is -2.45. The molecule has 0 bridgehead atoms. The molecule has 542 valence electrons. The largest absolute Gasteiger partial charge is 0.466 e. The van der Waals surface area contributed by atoms with E-state index in [4.69, 9.17) is 4.74 Å². The monoisotopic (exact) mass is 1290 g/mol. The van der Waals surface area contributed by atoms with E-state index in [9.17, 15) is 19.8 Å². The number of carbonyl (C=O) groups is 2. The van der Waals surface area contributed by atoms with E-state index in [2.05, 4.69) is 67.8 Å². The Balaban J connectivity index is 3.35. The molecule has 2 atom stereocenters. The van der Waals surface area contributed by atoms with Crippen LogP contribution in [0.5, 0.6) is 0 Å². The highest BCUT2D eigenvalue weighted by Gasteiger charge is 2.20. The summed E-state index contributed by atoms with van der Waals surface area (Å²) in [6.07, 6.45) is 108. The number of unbranched alkanes of at least 4 members (excludes halogenated alkanes) is 60. The minimum Gasteiger partial charge on any atom is -0.466 e. The van der Waals surface area contributed by atoms with Crippen molar-refractivity contribution in [1.29, 1.82) is 0 Å². The minimum absolute atomic E-state index is 0.0131. The van der Waals surface area contributed by atoms with Crippen LogP contribution in [0.1, 0.15) is 463 Å². The second-order valence-corrected chi connectivity index (χ2v) is 28.8. The summed E-state index contributed by atoms with van der Waals surface area (Å²) in [7, 11) is 0. The number of allylic oxidation sites excluding steroid dienone is 8. The quantitative estimate of drug-likeness (QED) is 0.0320. The smallest absolute Gasteiger partial charge is 0.305 e. The summed E-state index contributed by atoms with van der Waals surface area (Å²) in [5.74, 6) is -0.0143. The zero-order valence-electron chi connectivity index (χ0n) is 62.3. The molecule has 0 aliphatic heterocycles. The normalized spacial score (nSPS) is 12.7. The van der Waals surface area contributed by atoms with Crippen LogP contribution < -0.4 is 5.32 Å². The third kappa shape index (κ3) is 76.8. The number of hydrogen-bond donors (Lipinski definition) is 3. The van der Waals surface area contributed by atoms with Crippen LogP contribution in [-0.2, 0) is 14.3 Å². The molecule has 3 N–H and O–H groups in total. The lowest BCUT2D eigenvalue weighted by Gasteiger charge is -2.22. The van der Waals surface area contributed by atoms with Crippen LogP contribution >= 0.6 is 0 Å². The first-order chi connectivity index (χ1) is 45.5. The van der Waals surface area contributed by atoms with Crippen molar-refractivity contribution >= 4 is 11.9 Å². The zero-order chi connectivity index (χ0) is 66.3. The van der Waals surface area contributed by atoms with Gasteiger partial charge in [-0.05, 0) is 89.9 Å². The Morgan fingerprint density at radius 2 is 0.543 bits per heavy atom. The summed E-state index contributed by atoms with van der Waals surface area (Å²) in [6.45, 7) is 4.97. The molecule has 0 aliphatic rings. The maximum Gasteiger partial charge on any atom is 0.305 e. The average molecular weight is 1290 g/mol. The van der Waals surface area contributed by atoms with Crippen molar-refractivity contribution < 1.29 is 24.5 Å². The first-order valence-corrected chi connectivity index (χ1v) is 41.9. The van der Waals surface area contributed by atoms with Gasteiger partial charge in [0.15, 0.2) is 0 Å². The van der Waals surface area contributed by atoms with Gasteiger partial charge in [0.1, 0.15) is 0 Å². The van der Waals surface area contributed by atoms with Gasteiger partial charge in [-0.3, -0.25) is 9.59 Å². The molecule has 0 saturated carbocycles. The fourth-order valence-electron chi connectivity index (χ4n) is 13.2. The van der Waals surface area contributed by atoms with E-state index in [0.29, 0.717) is 25.9 Å². The van der Waals surface area contributed by atoms with E-state index in [0.717, 1.165) is 57.8 Å². The van der Waals surface area contributed by atoms with Gasteiger partial charge in [-0.15, -0.1) is 0 Å². The molecular weight excluding hydrogens is 1130 g/mol. The van der Waals surface area contributed by atoms with Gasteiger partial charge in [-0.2, -0.15) is 0 Å². The Morgan fingerprint density at radius 1 is 0.304 bits per heavy atom. The van der Waals surface area contributed by atoms with E-state index < -0.39 is 12.1 Å². The number of nitrogens with one attached hydrogen (secondary N) is 1. The highest BCUT2D eigenvalue weighted by Crippen LogP contribution is 2.20. The predicted octanol–water partition coefficient (Wildman–Crippen LogP) is 27.9. The van der Waals surface area contributed by atoms with Crippen LogP contribution in [0.3, 0.4) is 0 Å². The molecule has 6 nitrogen and oxygen atoms in total. The van der Waals surface area contributed by atoms with Gasteiger partial charge in [0.25, 0.3) is 0 Å². The predicted molar refractivity (Wildman–Crippen MR) is 407 cm³/mol. The lowest BCUT2D eigenvalue weighted by atomic mass is 10.0. The molecule has 92 heavy (non-hydrogen) atoms. The lowest BCUT2D eigenvalue weighted by molar-refractivity contribution is -0.143. The molecule has 0 fully saturated rings. The number of amides is 1. The molecular formula is C86H163NO5. The highest BCUT2D eigenvalue weighted by molar-refractivity contribution is 5.76. The standard InChI is InChI=1S/C86H163NO5/c1-3-5-7-9-11-13-15-17-19-21-43-47-50-54-58-62-66-70-74-78-84(89)83(82-88)87-85(90)79-75-71-67-63-59-55-51-48-44-41-39-37-35-33-31-29-27-25-23-22-24-26-28-30-32-34-36-38-40-42-45-49-53-57-61-65-69-73-77-81-92-86(91)80-76-72-68-64-60-56-52-46-20-18-16-14-12-10-8-6-4-2/h12,14,18,20,22-23,26,28,83-84,88-89H,3-11,13,15-17,19,21,24-25,27,29-82H2,1-2H3,(H,87,90)/b14-12-,20-18-,23-22-,28-26-. The number of carbonyl (C=O) groups excluding carboxylic acids is 2. The third-order valence-electron chi connectivity index (χ3n) is 19.6. The van der Waals surface area contributed by atoms with Crippen molar-refractivity contribution in [3.63, 3.8) is 0 Å². The van der Waals surface area contributed by atoms with Crippen molar-refractivity contribution in [1.82, 2.24) is 5.32 Å². The molecule has 1 amide bonds. The van der Waals surface area contributed by atoms with Crippen LogP contribution in [-0.4, -0.2) is 47.4 Å². The van der Waals surface area contributed by atoms with Crippen LogP contribution in [0, 0.1) is 0 Å². The Hall–Kier alpha value is -2.18. The van der Waals surface area contributed by atoms with Crippen LogP contribution in [0.15, 0.2) is 48.6 Å². The fourth-order valence-corrected chi connectivity index (χ4v) is 13.2. The Morgan fingerprint density at radius 3 is 0.848 bits per heavy atom. The molecule has 0 aromatic rings. The van der Waals surface area contributed by atoms with E-state index in [1.54, 1.807) is 0 Å². The molecule has 0 aliphatic carbocycles. The minimum atomic E-state index is -0.663. The van der Waals surface area contributed by atoms with Gasteiger partial charge in [0.2, 0.25) is 5.91 Å². The Labute approximate surface area is 576 Å². The van der Waals surface area contributed by atoms with E-state index in [-0.39, 0.29) is 18.5 Å². The summed E-state index contributed by atoms with van der Waals surface area (Å²) in [5, 5.41) is 23.4. The maximum absolute atomic E-state index is 12.6.